The van der Waals surface area contributed by atoms with Gasteiger partial charge in [0.25, 0.3) is 0 Å². The van der Waals surface area contributed by atoms with E-state index in [9.17, 15) is 4.39 Å². The number of rotatable bonds is 3. The molecule has 18 heavy (non-hydrogen) atoms. The minimum absolute atomic E-state index is 0.358. The van der Waals surface area contributed by atoms with Crippen molar-refractivity contribution in [2.75, 3.05) is 31.6 Å². The molecule has 0 saturated carbocycles. The minimum Gasteiger partial charge on any atom is -0.373 e. The Bertz CT molecular complexity index is 447. The predicted octanol–water partition coefficient (Wildman–Crippen LogP) is 2.13. The Balaban J connectivity index is 2.08. The summed E-state index contributed by atoms with van der Waals surface area (Å²) in [5.74, 6) is 0.239. The molecule has 0 radical (unpaired) electrons. The Kier molecular flexibility index (Phi) is 4.16. The van der Waals surface area contributed by atoms with E-state index in [0.717, 1.165) is 25.3 Å². The van der Waals surface area contributed by atoms with Gasteiger partial charge in [-0.2, -0.15) is 5.26 Å². The Morgan fingerprint density at radius 1 is 1.56 bits per heavy atom. The number of piperidine rings is 1. The van der Waals surface area contributed by atoms with Gasteiger partial charge in [0.2, 0.25) is 0 Å². The highest BCUT2D eigenvalue weighted by Crippen LogP contribution is 2.22. The number of hydrogen-bond donors (Lipinski definition) is 1. The molecule has 1 saturated heterocycles. The quantitative estimate of drug-likeness (QED) is 0.889. The predicted molar refractivity (Wildman–Crippen MR) is 70.0 cm³/mol. The number of nitrogens with zero attached hydrogens (tertiary/aromatic N) is 2. The molecule has 1 N–H and O–H groups in total. The van der Waals surface area contributed by atoms with Gasteiger partial charge in [-0.3, -0.25) is 0 Å². The first-order valence-corrected chi connectivity index (χ1v) is 6.32. The first kappa shape index (κ1) is 12.8. The highest BCUT2D eigenvalue weighted by Gasteiger charge is 2.17. The van der Waals surface area contributed by atoms with Gasteiger partial charge >= 0.3 is 0 Å². The molecule has 1 unspecified atom stereocenters. The van der Waals surface area contributed by atoms with Gasteiger partial charge in [0.1, 0.15) is 11.9 Å². The van der Waals surface area contributed by atoms with E-state index < -0.39 is 0 Å². The maximum absolute atomic E-state index is 13.1. The summed E-state index contributed by atoms with van der Waals surface area (Å²) in [7, 11) is 1.96. The molecule has 96 valence electrons. The van der Waals surface area contributed by atoms with E-state index in [4.69, 9.17) is 5.26 Å². The Morgan fingerprint density at radius 2 is 2.39 bits per heavy atom. The molecule has 0 aromatic heterocycles. The molecule has 2 rings (SSSR count). The lowest BCUT2D eigenvalue weighted by Crippen LogP contribution is -2.37. The molecule has 1 heterocycles. The zero-order valence-electron chi connectivity index (χ0n) is 10.6. The zero-order chi connectivity index (χ0) is 13.0. The summed E-state index contributed by atoms with van der Waals surface area (Å²) in [4.78, 5) is 2.05. The van der Waals surface area contributed by atoms with Crippen LogP contribution in [0.1, 0.15) is 18.4 Å². The van der Waals surface area contributed by atoms with Crippen molar-refractivity contribution < 1.29 is 4.39 Å². The lowest BCUT2D eigenvalue weighted by Gasteiger charge is -2.29. The van der Waals surface area contributed by atoms with Crippen LogP contribution in [0.5, 0.6) is 0 Å². The van der Waals surface area contributed by atoms with Crippen molar-refractivity contribution in [1.82, 2.24) is 5.32 Å². The van der Waals surface area contributed by atoms with E-state index in [-0.39, 0.29) is 5.82 Å². The van der Waals surface area contributed by atoms with Crippen LogP contribution in [0.4, 0.5) is 10.1 Å². The summed E-state index contributed by atoms with van der Waals surface area (Å²) in [5.41, 5.74) is 1.21. The molecule has 3 nitrogen and oxygen atoms in total. The fraction of sp³-hybridized carbons (Fsp3) is 0.500. The minimum atomic E-state index is -0.358. The summed E-state index contributed by atoms with van der Waals surface area (Å²) < 4.78 is 13.1. The Labute approximate surface area is 107 Å². The SMILES string of the molecule is CN(CC1CCCNC1)c1ccc(F)cc1C#N. The third-order valence-electron chi connectivity index (χ3n) is 3.42. The molecule has 1 aliphatic rings. The van der Waals surface area contributed by atoms with Crippen molar-refractivity contribution in [2.45, 2.75) is 12.8 Å². The maximum Gasteiger partial charge on any atom is 0.124 e. The monoisotopic (exact) mass is 247 g/mol. The highest BCUT2D eigenvalue weighted by atomic mass is 19.1. The number of nitrogens with one attached hydrogen (secondary N) is 1. The molecule has 0 bridgehead atoms. The van der Waals surface area contributed by atoms with Gasteiger partial charge in [0.15, 0.2) is 0 Å². The Hall–Kier alpha value is -1.60. The van der Waals surface area contributed by atoms with Crippen LogP contribution in [0.3, 0.4) is 0 Å². The van der Waals surface area contributed by atoms with Crippen molar-refractivity contribution in [3.63, 3.8) is 0 Å². The first-order chi connectivity index (χ1) is 8.70. The maximum atomic E-state index is 13.1. The molecular weight excluding hydrogens is 229 g/mol. The molecule has 0 spiro atoms. The molecular formula is C14H18FN3. The van der Waals surface area contributed by atoms with Crippen molar-refractivity contribution in [3.05, 3.63) is 29.6 Å². The van der Waals surface area contributed by atoms with Crippen LogP contribution in [-0.4, -0.2) is 26.7 Å². The average molecular weight is 247 g/mol. The van der Waals surface area contributed by atoms with Crippen molar-refractivity contribution >= 4 is 5.69 Å². The van der Waals surface area contributed by atoms with Gasteiger partial charge in [-0.15, -0.1) is 0 Å². The second kappa shape index (κ2) is 5.83. The van der Waals surface area contributed by atoms with Crippen LogP contribution in [-0.2, 0) is 0 Å². The lowest BCUT2D eigenvalue weighted by atomic mass is 9.99. The van der Waals surface area contributed by atoms with E-state index in [0.29, 0.717) is 11.5 Å². The molecule has 4 heteroatoms. The van der Waals surface area contributed by atoms with E-state index in [1.165, 1.54) is 25.0 Å². The molecule has 1 aromatic carbocycles. The smallest absolute Gasteiger partial charge is 0.124 e. The summed E-state index contributed by atoms with van der Waals surface area (Å²) in [6.07, 6.45) is 2.41. The molecule has 0 amide bonds. The third-order valence-corrected chi connectivity index (χ3v) is 3.42. The van der Waals surface area contributed by atoms with Crippen molar-refractivity contribution in [2.24, 2.45) is 5.92 Å². The van der Waals surface area contributed by atoms with Gasteiger partial charge in [-0.25, -0.2) is 4.39 Å². The van der Waals surface area contributed by atoms with Crippen molar-refractivity contribution in [1.29, 1.82) is 5.26 Å². The topological polar surface area (TPSA) is 39.1 Å². The first-order valence-electron chi connectivity index (χ1n) is 6.32. The van der Waals surface area contributed by atoms with Crippen LogP contribution in [0.25, 0.3) is 0 Å². The third kappa shape index (κ3) is 2.99. The van der Waals surface area contributed by atoms with Crippen LogP contribution < -0.4 is 10.2 Å². The van der Waals surface area contributed by atoms with Crippen LogP contribution in [0.2, 0.25) is 0 Å². The van der Waals surface area contributed by atoms with Crippen LogP contribution in [0, 0.1) is 23.1 Å². The zero-order valence-corrected chi connectivity index (χ0v) is 10.6. The molecule has 1 atom stereocenters. The summed E-state index contributed by atoms with van der Waals surface area (Å²) in [5, 5.41) is 12.4. The number of benzene rings is 1. The Morgan fingerprint density at radius 3 is 3.06 bits per heavy atom. The normalized spacial score (nSPS) is 19.3. The number of halogens is 1. The number of anilines is 1. The second-order valence-corrected chi connectivity index (χ2v) is 4.87. The summed E-state index contributed by atoms with van der Waals surface area (Å²) in [6, 6.07) is 6.45. The van der Waals surface area contributed by atoms with Crippen LogP contribution in [0.15, 0.2) is 18.2 Å². The van der Waals surface area contributed by atoms with Gasteiger partial charge in [-0.05, 0) is 50.0 Å². The van der Waals surface area contributed by atoms with E-state index in [2.05, 4.69) is 16.3 Å². The molecule has 1 fully saturated rings. The van der Waals surface area contributed by atoms with Crippen LogP contribution >= 0.6 is 0 Å². The molecule has 1 aliphatic heterocycles. The van der Waals surface area contributed by atoms with E-state index in [1.54, 1.807) is 6.07 Å². The van der Waals surface area contributed by atoms with Gasteiger partial charge in [0.05, 0.1) is 11.3 Å². The lowest BCUT2D eigenvalue weighted by molar-refractivity contribution is 0.381. The van der Waals surface area contributed by atoms with Crippen molar-refractivity contribution in [3.8, 4) is 6.07 Å². The fourth-order valence-electron chi connectivity index (χ4n) is 2.50. The molecule has 0 aliphatic carbocycles. The largest absolute Gasteiger partial charge is 0.373 e. The average Bonchev–Trinajstić information content (AvgIpc) is 2.39. The molecule has 1 aromatic rings. The second-order valence-electron chi connectivity index (χ2n) is 4.87. The number of hydrogen-bond acceptors (Lipinski definition) is 3. The summed E-state index contributed by atoms with van der Waals surface area (Å²) >= 11 is 0. The fourth-order valence-corrected chi connectivity index (χ4v) is 2.50. The standard InChI is InChI=1S/C14H18FN3/c1-18(10-11-3-2-6-17-9-11)14-5-4-13(15)7-12(14)8-16/h4-5,7,11,17H,2-3,6,9-10H2,1H3. The highest BCUT2D eigenvalue weighted by molar-refractivity contribution is 5.58. The van der Waals surface area contributed by atoms with Gasteiger partial charge < -0.3 is 10.2 Å². The summed E-state index contributed by atoms with van der Waals surface area (Å²) in [6.45, 7) is 3.01. The van der Waals surface area contributed by atoms with E-state index >= 15 is 0 Å². The number of nitriles is 1. The van der Waals surface area contributed by atoms with Gasteiger partial charge in [0, 0.05) is 13.6 Å². The van der Waals surface area contributed by atoms with E-state index in [1.807, 2.05) is 7.05 Å². The van der Waals surface area contributed by atoms with Gasteiger partial charge in [-0.1, -0.05) is 0 Å².